The summed E-state index contributed by atoms with van der Waals surface area (Å²) in [6.45, 7) is 3.99. The van der Waals surface area contributed by atoms with E-state index < -0.39 is 0 Å². The number of aromatic hydroxyl groups is 1. The molecule has 0 fully saturated rings. The molecule has 2 rings (SSSR count). The minimum Gasteiger partial charge on any atom is -0.508 e. The highest BCUT2D eigenvalue weighted by atomic mass is 79.9. The molecule has 1 atom stereocenters. The van der Waals surface area contributed by atoms with Crippen LogP contribution in [-0.4, -0.2) is 11.1 Å². The van der Waals surface area contributed by atoms with Crippen molar-refractivity contribution >= 4 is 21.6 Å². The third-order valence-electron chi connectivity index (χ3n) is 3.15. The highest BCUT2D eigenvalue weighted by Gasteiger charge is 2.09. The molecule has 0 spiro atoms. The van der Waals surface area contributed by atoms with Crippen LogP contribution in [0.3, 0.4) is 0 Å². The first-order valence-electron chi connectivity index (χ1n) is 6.46. The Morgan fingerprint density at radius 2 is 1.90 bits per heavy atom. The molecule has 0 saturated carbocycles. The maximum atomic E-state index is 13.6. The van der Waals surface area contributed by atoms with Gasteiger partial charge in [0.2, 0.25) is 0 Å². The zero-order valence-electron chi connectivity index (χ0n) is 11.5. The van der Waals surface area contributed by atoms with Gasteiger partial charge in [0.25, 0.3) is 0 Å². The zero-order valence-corrected chi connectivity index (χ0v) is 13.0. The number of rotatable bonds is 4. The standard InChI is InChI=1S/C16H17BrFNO/c1-10-7-14(17)15(18)9-16(10)19-11(2)8-12-3-5-13(20)6-4-12/h3-7,9,11,19-20H,8H2,1-2H3. The molecule has 0 saturated heterocycles. The lowest BCUT2D eigenvalue weighted by Crippen LogP contribution is -2.18. The van der Waals surface area contributed by atoms with Gasteiger partial charge in [-0.05, 0) is 71.6 Å². The van der Waals surface area contributed by atoms with Crippen LogP contribution in [0.1, 0.15) is 18.1 Å². The van der Waals surface area contributed by atoms with Crippen molar-refractivity contribution in [2.75, 3.05) is 5.32 Å². The summed E-state index contributed by atoms with van der Waals surface area (Å²) >= 11 is 3.18. The SMILES string of the molecule is Cc1cc(Br)c(F)cc1NC(C)Cc1ccc(O)cc1. The zero-order chi connectivity index (χ0) is 14.7. The monoisotopic (exact) mass is 337 g/mol. The van der Waals surface area contributed by atoms with E-state index in [1.54, 1.807) is 18.2 Å². The van der Waals surface area contributed by atoms with Gasteiger partial charge in [-0.25, -0.2) is 4.39 Å². The fourth-order valence-corrected chi connectivity index (χ4v) is 2.56. The smallest absolute Gasteiger partial charge is 0.139 e. The maximum absolute atomic E-state index is 13.6. The first-order valence-corrected chi connectivity index (χ1v) is 7.25. The van der Waals surface area contributed by atoms with Crippen LogP contribution in [0.25, 0.3) is 0 Å². The van der Waals surface area contributed by atoms with Crippen molar-refractivity contribution in [2.24, 2.45) is 0 Å². The molecule has 2 N–H and O–H groups in total. The van der Waals surface area contributed by atoms with Crippen LogP contribution in [0.5, 0.6) is 5.75 Å². The molecule has 0 aliphatic rings. The molecule has 2 nitrogen and oxygen atoms in total. The Bertz CT molecular complexity index is 598. The van der Waals surface area contributed by atoms with Crippen LogP contribution in [-0.2, 0) is 6.42 Å². The summed E-state index contributed by atoms with van der Waals surface area (Å²) < 4.78 is 14.0. The average Bonchev–Trinajstić information content (AvgIpc) is 2.39. The number of anilines is 1. The quantitative estimate of drug-likeness (QED) is 0.851. The summed E-state index contributed by atoms with van der Waals surface area (Å²) in [6.07, 6.45) is 0.803. The molecular formula is C16H17BrFNO. The third-order valence-corrected chi connectivity index (χ3v) is 3.76. The lowest BCUT2D eigenvalue weighted by atomic mass is 10.1. The first kappa shape index (κ1) is 14.9. The van der Waals surface area contributed by atoms with E-state index >= 15 is 0 Å². The summed E-state index contributed by atoms with van der Waals surface area (Å²) in [4.78, 5) is 0. The number of nitrogens with one attached hydrogen (secondary N) is 1. The minimum atomic E-state index is -0.269. The third kappa shape index (κ3) is 3.73. The van der Waals surface area contributed by atoms with E-state index in [9.17, 15) is 9.50 Å². The molecule has 4 heteroatoms. The first-order chi connectivity index (χ1) is 9.45. The second-order valence-electron chi connectivity index (χ2n) is 5.00. The van der Waals surface area contributed by atoms with E-state index in [4.69, 9.17) is 0 Å². The number of aryl methyl sites for hydroxylation is 1. The summed E-state index contributed by atoms with van der Waals surface area (Å²) in [7, 11) is 0. The summed E-state index contributed by atoms with van der Waals surface area (Å²) in [5.74, 6) is -0.00452. The molecule has 0 aliphatic heterocycles. The van der Waals surface area contributed by atoms with Gasteiger partial charge >= 0.3 is 0 Å². The molecule has 2 aromatic rings. The largest absolute Gasteiger partial charge is 0.508 e. The Morgan fingerprint density at radius 1 is 1.25 bits per heavy atom. The molecule has 2 aromatic carbocycles. The minimum absolute atomic E-state index is 0.166. The molecule has 0 bridgehead atoms. The number of hydrogen-bond donors (Lipinski definition) is 2. The Morgan fingerprint density at radius 3 is 2.55 bits per heavy atom. The fraction of sp³-hybridized carbons (Fsp3) is 0.250. The molecule has 0 aliphatic carbocycles. The van der Waals surface area contributed by atoms with E-state index in [1.807, 2.05) is 26.0 Å². The fourth-order valence-electron chi connectivity index (χ4n) is 2.10. The molecule has 106 valence electrons. The topological polar surface area (TPSA) is 32.3 Å². The van der Waals surface area contributed by atoms with Crippen molar-refractivity contribution in [3.8, 4) is 5.75 Å². The van der Waals surface area contributed by atoms with Gasteiger partial charge in [0.15, 0.2) is 0 Å². The highest BCUT2D eigenvalue weighted by molar-refractivity contribution is 9.10. The molecule has 0 amide bonds. The van der Waals surface area contributed by atoms with Crippen molar-refractivity contribution < 1.29 is 9.50 Å². The molecule has 0 radical (unpaired) electrons. The van der Waals surface area contributed by atoms with E-state index in [2.05, 4.69) is 21.2 Å². The number of phenolic OH excluding ortho intramolecular Hbond substituents is 1. The van der Waals surface area contributed by atoms with Gasteiger partial charge in [-0.15, -0.1) is 0 Å². The Kier molecular flexibility index (Phi) is 4.65. The van der Waals surface area contributed by atoms with Gasteiger partial charge in [-0.2, -0.15) is 0 Å². The van der Waals surface area contributed by atoms with Crippen molar-refractivity contribution in [3.63, 3.8) is 0 Å². The van der Waals surface area contributed by atoms with Gasteiger partial charge in [0.1, 0.15) is 11.6 Å². The molecule has 1 unspecified atom stereocenters. The lowest BCUT2D eigenvalue weighted by Gasteiger charge is -2.17. The van der Waals surface area contributed by atoms with Crippen molar-refractivity contribution in [3.05, 3.63) is 57.8 Å². The predicted octanol–water partition coefficient (Wildman–Crippen LogP) is 4.65. The van der Waals surface area contributed by atoms with Crippen LogP contribution < -0.4 is 5.32 Å². The second kappa shape index (κ2) is 6.27. The van der Waals surface area contributed by atoms with Gasteiger partial charge in [0.05, 0.1) is 4.47 Å². The van der Waals surface area contributed by atoms with E-state index in [-0.39, 0.29) is 17.6 Å². The van der Waals surface area contributed by atoms with Crippen molar-refractivity contribution in [1.29, 1.82) is 0 Å². The number of halogens is 2. The van der Waals surface area contributed by atoms with E-state index in [0.29, 0.717) is 4.47 Å². The normalized spacial score (nSPS) is 12.2. The number of phenols is 1. The van der Waals surface area contributed by atoms with Gasteiger partial charge in [0, 0.05) is 11.7 Å². The van der Waals surface area contributed by atoms with Gasteiger partial charge in [-0.3, -0.25) is 0 Å². The van der Waals surface area contributed by atoms with Gasteiger partial charge < -0.3 is 10.4 Å². The number of benzene rings is 2. The maximum Gasteiger partial charge on any atom is 0.139 e. The Labute approximate surface area is 126 Å². The van der Waals surface area contributed by atoms with E-state index in [1.165, 1.54) is 6.07 Å². The summed E-state index contributed by atoms with van der Waals surface area (Å²) in [5, 5.41) is 12.6. The van der Waals surface area contributed by atoms with Crippen LogP contribution in [0.15, 0.2) is 40.9 Å². The van der Waals surface area contributed by atoms with Crippen molar-refractivity contribution in [2.45, 2.75) is 26.3 Å². The van der Waals surface area contributed by atoms with Crippen LogP contribution in [0.4, 0.5) is 10.1 Å². The molecular weight excluding hydrogens is 321 g/mol. The predicted molar refractivity (Wildman–Crippen MR) is 83.7 cm³/mol. The second-order valence-corrected chi connectivity index (χ2v) is 5.85. The van der Waals surface area contributed by atoms with Gasteiger partial charge in [-0.1, -0.05) is 12.1 Å². The summed E-state index contributed by atoms with van der Waals surface area (Å²) in [5.41, 5.74) is 2.92. The average molecular weight is 338 g/mol. The lowest BCUT2D eigenvalue weighted by molar-refractivity contribution is 0.475. The summed E-state index contributed by atoms with van der Waals surface area (Å²) in [6, 6.07) is 10.6. The molecule has 0 heterocycles. The van der Waals surface area contributed by atoms with E-state index in [0.717, 1.165) is 23.2 Å². The highest BCUT2D eigenvalue weighted by Crippen LogP contribution is 2.25. The molecule has 20 heavy (non-hydrogen) atoms. The van der Waals surface area contributed by atoms with Crippen LogP contribution >= 0.6 is 15.9 Å². The van der Waals surface area contributed by atoms with Crippen LogP contribution in [0.2, 0.25) is 0 Å². The van der Waals surface area contributed by atoms with Crippen LogP contribution in [0, 0.1) is 12.7 Å². The Balaban J connectivity index is 2.06. The Hall–Kier alpha value is -1.55. The van der Waals surface area contributed by atoms with Crippen molar-refractivity contribution in [1.82, 2.24) is 0 Å². The molecule has 0 aromatic heterocycles. The number of hydrogen-bond acceptors (Lipinski definition) is 2.